The van der Waals surface area contributed by atoms with Crippen molar-refractivity contribution < 1.29 is 9.15 Å². The Morgan fingerprint density at radius 1 is 0.448 bits per heavy atom. The van der Waals surface area contributed by atoms with Crippen molar-refractivity contribution in [3.05, 3.63) is 199 Å². The van der Waals surface area contributed by atoms with E-state index in [0.717, 1.165) is 66.5 Å². The molecule has 0 N–H and O–H groups in total. The lowest BCUT2D eigenvalue weighted by Crippen LogP contribution is -2.19. The number of hydrogen-bond donors (Lipinski definition) is 0. The van der Waals surface area contributed by atoms with E-state index in [2.05, 4.69) is 152 Å². The van der Waals surface area contributed by atoms with E-state index < -0.39 is 0 Å². The van der Waals surface area contributed by atoms with Gasteiger partial charge in [0.2, 0.25) is 0 Å². The normalized spacial score (nSPS) is 15.8. The lowest BCUT2D eigenvalue weighted by atomic mass is 9.79. The Morgan fingerprint density at radius 2 is 1.14 bits per heavy atom. The van der Waals surface area contributed by atoms with Gasteiger partial charge in [0.05, 0.1) is 5.92 Å². The van der Waals surface area contributed by atoms with Gasteiger partial charge in [0.15, 0.2) is 17.5 Å². The zero-order valence-corrected chi connectivity index (χ0v) is 31.2. The van der Waals surface area contributed by atoms with Gasteiger partial charge < -0.3 is 9.15 Å². The maximum absolute atomic E-state index is 6.47. The maximum atomic E-state index is 6.47. The summed E-state index contributed by atoms with van der Waals surface area (Å²) in [6.45, 7) is 0. The molecule has 0 spiro atoms. The van der Waals surface area contributed by atoms with Crippen molar-refractivity contribution in [3.63, 3.8) is 0 Å². The van der Waals surface area contributed by atoms with Gasteiger partial charge in [0.25, 0.3) is 0 Å². The summed E-state index contributed by atoms with van der Waals surface area (Å²) in [5, 5.41) is 6.70. The van der Waals surface area contributed by atoms with Gasteiger partial charge in [-0.3, -0.25) is 0 Å². The van der Waals surface area contributed by atoms with Crippen LogP contribution in [-0.2, 0) is 0 Å². The van der Waals surface area contributed by atoms with Crippen molar-refractivity contribution in [1.29, 1.82) is 0 Å². The summed E-state index contributed by atoms with van der Waals surface area (Å²) in [7, 11) is 0. The molecule has 3 heterocycles. The highest BCUT2D eigenvalue weighted by Crippen LogP contribution is 2.49. The first-order valence-corrected chi connectivity index (χ1v) is 19.7. The van der Waals surface area contributed by atoms with E-state index >= 15 is 0 Å². The van der Waals surface area contributed by atoms with Crippen LogP contribution in [0.25, 0.3) is 94.3 Å². The maximum Gasteiger partial charge on any atom is 0.164 e. The largest absolute Gasteiger partial charge is 0.485 e. The van der Waals surface area contributed by atoms with Crippen molar-refractivity contribution in [2.45, 2.75) is 12.0 Å². The Balaban J connectivity index is 1.08. The number of benzene rings is 8. The zero-order chi connectivity index (χ0) is 38.2. The molecule has 5 nitrogen and oxygen atoms in total. The topological polar surface area (TPSA) is 61.0 Å². The molecule has 1 aliphatic carbocycles. The number of fused-ring (bicyclic) bond motifs is 8. The van der Waals surface area contributed by atoms with Gasteiger partial charge in [-0.2, -0.15) is 0 Å². The first-order valence-electron chi connectivity index (χ1n) is 19.7. The lowest BCUT2D eigenvalue weighted by Gasteiger charge is -2.24. The Kier molecular flexibility index (Phi) is 7.29. The van der Waals surface area contributed by atoms with Crippen LogP contribution in [0.4, 0.5) is 0 Å². The minimum absolute atomic E-state index is 0.0640. The average molecular weight is 744 g/mol. The highest BCUT2D eigenvalue weighted by molar-refractivity contribution is 6.12. The SMILES string of the molecule is C1=CC2Oc3ccccc3C2C(c2cc(-c3nc(-c4cccc(-c5ccc6ccccc6c5)c4)nc(-c4cccc5oc6ccccc6c45)n3)cc3ccccc23)=C1. The molecule has 2 atom stereocenters. The van der Waals surface area contributed by atoms with Crippen LogP contribution in [-0.4, -0.2) is 21.1 Å². The number of hydrogen-bond acceptors (Lipinski definition) is 5. The van der Waals surface area contributed by atoms with E-state index in [1.807, 2.05) is 36.4 Å². The van der Waals surface area contributed by atoms with Gasteiger partial charge in [-0.05, 0) is 92.3 Å². The first-order chi connectivity index (χ1) is 28.7. The van der Waals surface area contributed by atoms with E-state index in [-0.39, 0.29) is 12.0 Å². The van der Waals surface area contributed by atoms with Crippen LogP contribution >= 0.6 is 0 Å². The standard InChI is InChI=1S/C53H33N3O2/c1-2-13-33-28-35(27-26-32(33)12-1)34-15-9-16-37(29-34)51-54-52(56-53(55-51)43-21-11-25-48-50(43)42-19-6-8-23-46(42)58-48)38-30-36-14-3-4-17-39(36)44(31-38)40-20-10-24-47-49(40)41-18-5-7-22-45(41)57-47/h1-31,47,49H. The highest BCUT2D eigenvalue weighted by Gasteiger charge is 2.37. The van der Waals surface area contributed by atoms with E-state index in [0.29, 0.717) is 17.5 Å². The summed E-state index contributed by atoms with van der Waals surface area (Å²) < 4.78 is 12.8. The molecule has 5 heteroatoms. The van der Waals surface area contributed by atoms with Crippen LogP contribution in [0.5, 0.6) is 5.75 Å². The summed E-state index contributed by atoms with van der Waals surface area (Å²) in [6.07, 6.45) is 6.46. The molecule has 12 rings (SSSR count). The lowest BCUT2D eigenvalue weighted by molar-refractivity contribution is 0.271. The van der Waals surface area contributed by atoms with E-state index in [9.17, 15) is 0 Å². The quantitative estimate of drug-likeness (QED) is 0.176. The third-order valence-corrected chi connectivity index (χ3v) is 11.7. The second kappa shape index (κ2) is 13.0. The van der Waals surface area contributed by atoms with Crippen LogP contribution in [0.15, 0.2) is 193 Å². The molecule has 0 fully saturated rings. The minimum Gasteiger partial charge on any atom is -0.485 e. The number of allylic oxidation sites excluding steroid dienone is 2. The Hall–Kier alpha value is -7.63. The molecule has 2 unspecified atom stereocenters. The summed E-state index contributed by atoms with van der Waals surface area (Å²) in [5.74, 6) is 2.78. The molecule has 0 amide bonds. The van der Waals surface area contributed by atoms with Crippen LogP contribution in [0.3, 0.4) is 0 Å². The van der Waals surface area contributed by atoms with Crippen molar-refractivity contribution in [2.75, 3.05) is 0 Å². The molecular formula is C53H33N3O2. The molecule has 0 radical (unpaired) electrons. The molecule has 0 saturated heterocycles. The monoisotopic (exact) mass is 743 g/mol. The number of nitrogens with zero attached hydrogens (tertiary/aromatic N) is 3. The number of para-hydroxylation sites is 2. The molecule has 0 bridgehead atoms. The van der Waals surface area contributed by atoms with E-state index in [1.54, 1.807) is 0 Å². The Morgan fingerprint density at radius 3 is 2.07 bits per heavy atom. The summed E-state index contributed by atoms with van der Waals surface area (Å²) >= 11 is 0. The van der Waals surface area contributed by atoms with E-state index in [1.165, 1.54) is 27.3 Å². The molecule has 58 heavy (non-hydrogen) atoms. The predicted molar refractivity (Wildman–Crippen MR) is 235 cm³/mol. The number of furan rings is 1. The van der Waals surface area contributed by atoms with Crippen LogP contribution < -0.4 is 4.74 Å². The third kappa shape index (κ3) is 5.28. The van der Waals surface area contributed by atoms with Gasteiger partial charge in [0, 0.05) is 33.0 Å². The molecule has 10 aromatic rings. The zero-order valence-electron chi connectivity index (χ0n) is 31.2. The fraction of sp³-hybridized carbons (Fsp3) is 0.0377. The van der Waals surface area contributed by atoms with Gasteiger partial charge in [-0.15, -0.1) is 0 Å². The predicted octanol–water partition coefficient (Wildman–Crippen LogP) is 13.2. The molecule has 8 aromatic carbocycles. The molecule has 2 aliphatic rings. The number of ether oxygens (including phenoxy) is 1. The minimum atomic E-state index is -0.0737. The van der Waals surface area contributed by atoms with Gasteiger partial charge in [-0.25, -0.2) is 15.0 Å². The Labute approximate surface area is 334 Å². The van der Waals surface area contributed by atoms with Crippen LogP contribution in [0, 0.1) is 0 Å². The van der Waals surface area contributed by atoms with Gasteiger partial charge in [-0.1, -0.05) is 140 Å². The first kappa shape index (κ1) is 32.6. The number of aromatic nitrogens is 3. The second-order valence-electron chi connectivity index (χ2n) is 15.1. The summed E-state index contributed by atoms with van der Waals surface area (Å²) in [4.78, 5) is 15.9. The average Bonchev–Trinajstić information content (AvgIpc) is 3.87. The third-order valence-electron chi connectivity index (χ3n) is 11.7. The summed E-state index contributed by atoms with van der Waals surface area (Å²) in [5.41, 5.74) is 10.1. The Bertz CT molecular complexity index is 3360. The highest BCUT2D eigenvalue weighted by atomic mass is 16.5. The smallest absolute Gasteiger partial charge is 0.164 e. The fourth-order valence-corrected chi connectivity index (χ4v) is 8.96. The van der Waals surface area contributed by atoms with Gasteiger partial charge >= 0.3 is 0 Å². The van der Waals surface area contributed by atoms with Crippen molar-refractivity contribution in [2.24, 2.45) is 0 Å². The molecule has 272 valence electrons. The van der Waals surface area contributed by atoms with Crippen LogP contribution in [0.2, 0.25) is 0 Å². The second-order valence-corrected chi connectivity index (χ2v) is 15.1. The molecule has 1 aliphatic heterocycles. The molecular weight excluding hydrogens is 711 g/mol. The van der Waals surface area contributed by atoms with Crippen molar-refractivity contribution >= 4 is 49.1 Å². The molecule has 0 saturated carbocycles. The summed E-state index contributed by atoms with van der Waals surface area (Å²) in [6, 6.07) is 59.3. The molecule has 2 aromatic heterocycles. The van der Waals surface area contributed by atoms with Gasteiger partial charge in [0.1, 0.15) is 23.0 Å². The van der Waals surface area contributed by atoms with Crippen molar-refractivity contribution in [3.8, 4) is 51.0 Å². The fourth-order valence-electron chi connectivity index (χ4n) is 8.96. The van der Waals surface area contributed by atoms with Crippen LogP contribution in [0.1, 0.15) is 17.0 Å². The van der Waals surface area contributed by atoms with Crippen molar-refractivity contribution in [1.82, 2.24) is 15.0 Å². The number of rotatable bonds is 5. The van der Waals surface area contributed by atoms with E-state index in [4.69, 9.17) is 24.1 Å².